The van der Waals surface area contributed by atoms with Crippen molar-refractivity contribution in [1.29, 1.82) is 0 Å². The Balaban J connectivity index is 1.81. The highest BCUT2D eigenvalue weighted by Crippen LogP contribution is 2.28. The third-order valence-corrected chi connectivity index (χ3v) is 4.31. The van der Waals surface area contributed by atoms with Gasteiger partial charge in [0.1, 0.15) is 5.82 Å². The zero-order valence-electron chi connectivity index (χ0n) is 14.0. The molecule has 0 bridgehead atoms. The Morgan fingerprint density at radius 1 is 1.00 bits per heavy atom. The number of hydrogen-bond donors (Lipinski definition) is 1. The molecule has 0 aliphatic carbocycles. The highest BCUT2D eigenvalue weighted by Gasteiger charge is 2.15. The first kappa shape index (κ1) is 16.7. The minimum Gasteiger partial charge on any atom is -0.355 e. The first-order valence-corrected chi connectivity index (χ1v) is 8.15. The molecule has 1 heterocycles. The van der Waals surface area contributed by atoms with E-state index in [1.54, 1.807) is 30.3 Å². The lowest BCUT2D eigenvalue weighted by Gasteiger charge is -2.03. The van der Waals surface area contributed by atoms with Crippen LogP contribution in [-0.4, -0.2) is 23.5 Å². The van der Waals surface area contributed by atoms with Crippen LogP contribution in [0.4, 0.5) is 4.39 Å². The van der Waals surface area contributed by atoms with Crippen LogP contribution < -0.4 is 0 Å². The zero-order valence-corrected chi connectivity index (χ0v) is 14.0. The summed E-state index contributed by atoms with van der Waals surface area (Å²) in [6.45, 7) is 0.237. The minimum absolute atomic E-state index is 0.0375. The van der Waals surface area contributed by atoms with E-state index in [1.807, 2.05) is 18.2 Å². The van der Waals surface area contributed by atoms with E-state index in [1.165, 1.54) is 18.3 Å². The number of fused-ring (bicyclic) bond motifs is 3. The van der Waals surface area contributed by atoms with E-state index >= 15 is 0 Å². The number of aromatic nitrogens is 1. The standard InChI is InChI=1S/C21H13FN2O3/c22-18-4-2-1-3-15(18)21(26)14-6-8-20-17(10-14)16-9-13(11-23-27-12-25)5-7-19(16)24-20/h1-12,24H/b23-11-. The van der Waals surface area contributed by atoms with Crippen molar-refractivity contribution in [3.63, 3.8) is 0 Å². The van der Waals surface area contributed by atoms with Crippen LogP contribution in [0, 0.1) is 5.82 Å². The van der Waals surface area contributed by atoms with Gasteiger partial charge in [-0.1, -0.05) is 23.4 Å². The van der Waals surface area contributed by atoms with Gasteiger partial charge < -0.3 is 9.82 Å². The lowest BCUT2D eigenvalue weighted by atomic mass is 10.0. The summed E-state index contributed by atoms with van der Waals surface area (Å²) in [5.41, 5.74) is 2.91. The van der Waals surface area contributed by atoms with E-state index in [2.05, 4.69) is 15.0 Å². The van der Waals surface area contributed by atoms with Crippen LogP contribution in [0.2, 0.25) is 0 Å². The van der Waals surface area contributed by atoms with Crippen LogP contribution in [0.25, 0.3) is 21.8 Å². The normalized spacial score (nSPS) is 11.3. The molecule has 0 unspecified atom stereocenters. The molecule has 0 spiro atoms. The molecule has 0 saturated carbocycles. The molecule has 132 valence electrons. The molecule has 27 heavy (non-hydrogen) atoms. The number of oxime groups is 1. The van der Waals surface area contributed by atoms with E-state index in [4.69, 9.17) is 0 Å². The Bertz CT molecular complexity index is 1210. The van der Waals surface area contributed by atoms with E-state index in [0.29, 0.717) is 5.56 Å². The van der Waals surface area contributed by atoms with Gasteiger partial charge in [-0.25, -0.2) is 4.39 Å². The first-order chi connectivity index (χ1) is 13.2. The van der Waals surface area contributed by atoms with Crippen LogP contribution in [0.5, 0.6) is 0 Å². The average Bonchev–Trinajstić information content (AvgIpc) is 3.05. The quantitative estimate of drug-likeness (QED) is 0.191. The Labute approximate surface area is 153 Å². The molecule has 0 fully saturated rings. The second-order valence-electron chi connectivity index (χ2n) is 5.94. The summed E-state index contributed by atoms with van der Waals surface area (Å²) in [7, 11) is 0. The topological polar surface area (TPSA) is 71.5 Å². The summed E-state index contributed by atoms with van der Waals surface area (Å²) in [6.07, 6.45) is 1.42. The maximum atomic E-state index is 14.0. The number of nitrogens with one attached hydrogen (secondary N) is 1. The maximum absolute atomic E-state index is 14.0. The van der Waals surface area contributed by atoms with E-state index in [0.717, 1.165) is 27.4 Å². The largest absolute Gasteiger partial charge is 0.355 e. The smallest absolute Gasteiger partial charge is 0.323 e. The van der Waals surface area contributed by atoms with Crippen molar-refractivity contribution < 1.29 is 18.8 Å². The summed E-state index contributed by atoms with van der Waals surface area (Å²) in [5, 5.41) is 5.24. The molecule has 0 aliphatic rings. The minimum atomic E-state index is -0.546. The van der Waals surface area contributed by atoms with Gasteiger partial charge in [-0.2, -0.15) is 0 Å². The number of carbonyl (C=O) groups is 2. The molecule has 0 amide bonds. The Kier molecular flexibility index (Phi) is 4.22. The number of aromatic amines is 1. The predicted octanol–water partition coefficient (Wildman–Crippen LogP) is 4.20. The van der Waals surface area contributed by atoms with Crippen molar-refractivity contribution >= 4 is 40.3 Å². The van der Waals surface area contributed by atoms with Crippen molar-refractivity contribution in [2.45, 2.75) is 0 Å². The molecule has 0 radical (unpaired) electrons. The first-order valence-electron chi connectivity index (χ1n) is 8.15. The van der Waals surface area contributed by atoms with Gasteiger partial charge >= 0.3 is 6.47 Å². The van der Waals surface area contributed by atoms with Gasteiger partial charge in [-0.3, -0.25) is 9.59 Å². The summed E-state index contributed by atoms with van der Waals surface area (Å²) >= 11 is 0. The van der Waals surface area contributed by atoms with Gasteiger partial charge in [0, 0.05) is 27.4 Å². The van der Waals surface area contributed by atoms with Crippen molar-refractivity contribution in [3.8, 4) is 0 Å². The molecule has 1 aromatic heterocycles. The van der Waals surface area contributed by atoms with Crippen molar-refractivity contribution in [3.05, 3.63) is 83.2 Å². The van der Waals surface area contributed by atoms with Crippen LogP contribution >= 0.6 is 0 Å². The summed E-state index contributed by atoms with van der Waals surface area (Å²) < 4.78 is 14.0. The monoisotopic (exact) mass is 360 g/mol. The van der Waals surface area contributed by atoms with Gasteiger partial charge in [-0.15, -0.1) is 0 Å². The Morgan fingerprint density at radius 3 is 2.52 bits per heavy atom. The fourth-order valence-electron chi connectivity index (χ4n) is 3.05. The van der Waals surface area contributed by atoms with Crippen LogP contribution in [-0.2, 0) is 9.63 Å². The molecule has 0 saturated heterocycles. The van der Waals surface area contributed by atoms with Crippen molar-refractivity contribution in [2.75, 3.05) is 0 Å². The molecule has 4 aromatic rings. The molecule has 5 nitrogen and oxygen atoms in total. The maximum Gasteiger partial charge on any atom is 0.323 e. The third-order valence-electron chi connectivity index (χ3n) is 4.31. The number of benzene rings is 3. The highest BCUT2D eigenvalue weighted by molar-refractivity contribution is 6.14. The molecule has 0 atom stereocenters. The molecular formula is C21H13FN2O3. The highest BCUT2D eigenvalue weighted by atomic mass is 19.1. The second-order valence-corrected chi connectivity index (χ2v) is 5.94. The number of carbonyl (C=O) groups excluding carboxylic acids is 2. The van der Waals surface area contributed by atoms with Gasteiger partial charge in [0.2, 0.25) is 0 Å². The zero-order chi connectivity index (χ0) is 18.8. The number of H-pyrrole nitrogens is 1. The van der Waals surface area contributed by atoms with Crippen LogP contribution in [0.1, 0.15) is 21.5 Å². The Morgan fingerprint density at radius 2 is 1.74 bits per heavy atom. The lowest BCUT2D eigenvalue weighted by molar-refractivity contribution is -0.128. The van der Waals surface area contributed by atoms with Gasteiger partial charge in [0.15, 0.2) is 5.78 Å². The average molecular weight is 360 g/mol. The molecule has 4 rings (SSSR count). The fraction of sp³-hybridized carbons (Fsp3) is 0. The summed E-state index contributed by atoms with van der Waals surface area (Å²) in [4.78, 5) is 30.5. The number of hydrogen-bond acceptors (Lipinski definition) is 4. The number of nitrogens with zero attached hydrogens (tertiary/aromatic N) is 1. The fourth-order valence-corrected chi connectivity index (χ4v) is 3.05. The van der Waals surface area contributed by atoms with Crippen LogP contribution in [0.15, 0.2) is 65.8 Å². The third kappa shape index (κ3) is 3.08. The predicted molar refractivity (Wildman–Crippen MR) is 100 cm³/mol. The summed E-state index contributed by atoms with van der Waals surface area (Å²) in [6, 6.07) is 16.7. The van der Waals surface area contributed by atoms with E-state index in [9.17, 15) is 14.0 Å². The van der Waals surface area contributed by atoms with E-state index in [-0.39, 0.29) is 17.8 Å². The van der Waals surface area contributed by atoms with Gasteiger partial charge in [0.25, 0.3) is 0 Å². The summed E-state index contributed by atoms with van der Waals surface area (Å²) in [5.74, 6) is -0.920. The number of rotatable bonds is 5. The van der Waals surface area contributed by atoms with Gasteiger partial charge in [0.05, 0.1) is 11.8 Å². The lowest BCUT2D eigenvalue weighted by Crippen LogP contribution is -2.03. The van der Waals surface area contributed by atoms with Crippen molar-refractivity contribution in [1.82, 2.24) is 4.98 Å². The SMILES string of the molecule is O=CO/N=C\c1ccc2[nH]c3ccc(C(=O)c4ccccc4F)cc3c2c1. The number of ketones is 1. The second kappa shape index (κ2) is 6.84. The molecular weight excluding hydrogens is 347 g/mol. The van der Waals surface area contributed by atoms with Crippen molar-refractivity contribution in [2.24, 2.45) is 5.16 Å². The molecule has 3 aromatic carbocycles. The molecule has 6 heteroatoms. The number of halogens is 1. The molecule has 1 N–H and O–H groups in total. The molecule has 0 aliphatic heterocycles. The van der Waals surface area contributed by atoms with E-state index < -0.39 is 5.82 Å². The van der Waals surface area contributed by atoms with Crippen LogP contribution in [0.3, 0.4) is 0 Å². The Hall–Kier alpha value is -3.80. The van der Waals surface area contributed by atoms with Gasteiger partial charge in [-0.05, 0) is 48.0 Å².